The van der Waals surface area contributed by atoms with E-state index in [1.807, 2.05) is 4.90 Å². The van der Waals surface area contributed by atoms with Gasteiger partial charge in [0.15, 0.2) is 0 Å². The van der Waals surface area contributed by atoms with Crippen LogP contribution in [0.4, 0.5) is 8.78 Å². The lowest BCUT2D eigenvalue weighted by Crippen LogP contribution is -2.45. The summed E-state index contributed by atoms with van der Waals surface area (Å²) in [7, 11) is -4.67. The lowest BCUT2D eigenvalue weighted by atomic mass is 9.94. The third-order valence-electron chi connectivity index (χ3n) is 5.46. The average molecular weight is 414 g/mol. The van der Waals surface area contributed by atoms with Crippen molar-refractivity contribution in [3.8, 4) is 0 Å². The van der Waals surface area contributed by atoms with Gasteiger partial charge in [0.1, 0.15) is 0 Å². The smallest absolute Gasteiger partial charge is 0.341 e. The van der Waals surface area contributed by atoms with Crippen molar-refractivity contribution in [1.82, 2.24) is 9.80 Å². The van der Waals surface area contributed by atoms with Crippen molar-refractivity contribution in [1.29, 1.82) is 0 Å². The van der Waals surface area contributed by atoms with E-state index < -0.39 is 20.5 Å². The number of hydrogen-bond donors (Lipinski definition) is 0. The Balaban J connectivity index is 1.58. The number of carbonyl (C=O) groups excluding carboxylic acids is 2. The van der Waals surface area contributed by atoms with Gasteiger partial charge in [0.25, 0.3) is 5.91 Å². The van der Waals surface area contributed by atoms with E-state index in [0.29, 0.717) is 25.9 Å². The number of alkyl halides is 2. The SMILES string of the molecule is O=C(c1ccc(S(=O)(=O)C(F)F)cc1)N1CCC(C(=O)N2CCCCC2)CC1. The number of amides is 2. The van der Waals surface area contributed by atoms with Gasteiger partial charge < -0.3 is 9.80 Å². The quantitative estimate of drug-likeness (QED) is 0.759. The maximum Gasteiger partial charge on any atom is 0.341 e. The Hall–Kier alpha value is -2.03. The van der Waals surface area contributed by atoms with Gasteiger partial charge >= 0.3 is 5.76 Å². The number of carbonyl (C=O) groups is 2. The highest BCUT2D eigenvalue weighted by molar-refractivity contribution is 7.91. The molecule has 2 fully saturated rings. The molecule has 0 saturated carbocycles. The van der Waals surface area contributed by atoms with Crippen LogP contribution in [-0.2, 0) is 14.6 Å². The topological polar surface area (TPSA) is 74.8 Å². The zero-order valence-electron chi connectivity index (χ0n) is 15.5. The van der Waals surface area contributed by atoms with E-state index in [-0.39, 0.29) is 23.3 Å². The Morgan fingerprint density at radius 2 is 1.46 bits per heavy atom. The summed E-state index contributed by atoms with van der Waals surface area (Å²) in [5.41, 5.74) is 0.244. The van der Waals surface area contributed by atoms with Crippen molar-refractivity contribution < 1.29 is 26.8 Å². The maximum atomic E-state index is 12.6. The van der Waals surface area contributed by atoms with Gasteiger partial charge in [-0.3, -0.25) is 9.59 Å². The number of hydrogen-bond acceptors (Lipinski definition) is 4. The van der Waals surface area contributed by atoms with Gasteiger partial charge in [0.05, 0.1) is 4.90 Å². The van der Waals surface area contributed by atoms with E-state index >= 15 is 0 Å². The summed E-state index contributed by atoms with van der Waals surface area (Å²) in [6.45, 7) is 2.51. The minimum absolute atomic E-state index is 0.0688. The molecule has 154 valence electrons. The van der Waals surface area contributed by atoms with Crippen LogP contribution in [0.25, 0.3) is 0 Å². The van der Waals surface area contributed by atoms with Gasteiger partial charge in [0.2, 0.25) is 15.7 Å². The fourth-order valence-electron chi connectivity index (χ4n) is 3.77. The van der Waals surface area contributed by atoms with E-state index in [2.05, 4.69) is 0 Å². The molecule has 6 nitrogen and oxygen atoms in total. The Kier molecular flexibility index (Phi) is 6.32. The number of likely N-dealkylation sites (tertiary alicyclic amines) is 2. The Morgan fingerprint density at radius 3 is 2.00 bits per heavy atom. The van der Waals surface area contributed by atoms with Crippen LogP contribution in [0.5, 0.6) is 0 Å². The highest BCUT2D eigenvalue weighted by atomic mass is 32.2. The third-order valence-corrected chi connectivity index (χ3v) is 6.86. The van der Waals surface area contributed by atoms with Gasteiger partial charge in [-0.25, -0.2) is 8.42 Å². The van der Waals surface area contributed by atoms with Crippen molar-refractivity contribution in [3.05, 3.63) is 29.8 Å². The van der Waals surface area contributed by atoms with E-state index in [1.54, 1.807) is 4.90 Å². The van der Waals surface area contributed by atoms with Gasteiger partial charge in [-0.2, -0.15) is 8.78 Å². The molecule has 0 spiro atoms. The van der Waals surface area contributed by atoms with Crippen LogP contribution in [0.1, 0.15) is 42.5 Å². The molecular weight excluding hydrogens is 390 g/mol. The van der Waals surface area contributed by atoms with Gasteiger partial charge in [-0.15, -0.1) is 0 Å². The predicted molar refractivity (Wildman–Crippen MR) is 98.7 cm³/mol. The summed E-state index contributed by atoms with van der Waals surface area (Å²) in [4.78, 5) is 28.2. The van der Waals surface area contributed by atoms with Gasteiger partial charge in [-0.1, -0.05) is 0 Å². The number of rotatable bonds is 4. The first-order chi connectivity index (χ1) is 13.3. The Morgan fingerprint density at radius 1 is 0.893 bits per heavy atom. The van der Waals surface area contributed by atoms with Crippen LogP contribution in [0, 0.1) is 5.92 Å². The molecule has 0 N–H and O–H groups in total. The molecule has 2 aliphatic heterocycles. The molecule has 1 aromatic carbocycles. The summed E-state index contributed by atoms with van der Waals surface area (Å²) < 4.78 is 48.1. The van der Waals surface area contributed by atoms with Crippen molar-refractivity contribution in [2.24, 2.45) is 5.92 Å². The molecule has 0 aromatic heterocycles. The Labute approximate surface area is 163 Å². The van der Waals surface area contributed by atoms with E-state index in [1.165, 1.54) is 12.1 Å². The first-order valence-corrected chi connectivity index (χ1v) is 11.1. The van der Waals surface area contributed by atoms with Crippen LogP contribution >= 0.6 is 0 Å². The number of sulfone groups is 1. The molecular formula is C19H24F2N2O4S. The second kappa shape index (κ2) is 8.55. The summed E-state index contributed by atoms with van der Waals surface area (Å²) in [6.07, 6.45) is 4.44. The molecule has 0 bridgehead atoms. The molecule has 0 aliphatic carbocycles. The van der Waals surface area contributed by atoms with Crippen LogP contribution < -0.4 is 0 Å². The second-order valence-electron chi connectivity index (χ2n) is 7.28. The number of nitrogens with zero attached hydrogens (tertiary/aromatic N) is 2. The standard InChI is InChI=1S/C19H24F2N2O4S/c20-19(21)28(26,27)16-6-4-14(5-7-16)17(24)23-12-8-15(9-13-23)18(25)22-10-2-1-3-11-22/h4-7,15,19H,1-3,8-13H2. The average Bonchev–Trinajstić information content (AvgIpc) is 2.73. The minimum atomic E-state index is -4.67. The third kappa shape index (κ3) is 4.34. The first kappa shape index (κ1) is 20.7. The predicted octanol–water partition coefficient (Wildman–Crippen LogP) is 2.55. The molecule has 2 saturated heterocycles. The molecule has 2 amide bonds. The maximum absolute atomic E-state index is 12.6. The lowest BCUT2D eigenvalue weighted by molar-refractivity contribution is -0.137. The van der Waals surface area contributed by atoms with Crippen LogP contribution in [0.2, 0.25) is 0 Å². The summed E-state index contributed by atoms with van der Waals surface area (Å²) in [5, 5.41) is 0. The van der Waals surface area contributed by atoms with Crippen LogP contribution in [0.3, 0.4) is 0 Å². The van der Waals surface area contributed by atoms with Crippen LogP contribution in [0.15, 0.2) is 29.2 Å². The fraction of sp³-hybridized carbons (Fsp3) is 0.579. The zero-order chi connectivity index (χ0) is 20.3. The van der Waals surface area contributed by atoms with Crippen molar-refractivity contribution in [2.75, 3.05) is 26.2 Å². The molecule has 0 unspecified atom stereocenters. The minimum Gasteiger partial charge on any atom is -0.342 e. The summed E-state index contributed by atoms with van der Waals surface area (Å²) in [5.74, 6) is -3.68. The molecule has 0 radical (unpaired) electrons. The molecule has 2 heterocycles. The first-order valence-electron chi connectivity index (χ1n) is 9.51. The van der Waals surface area contributed by atoms with Crippen LogP contribution in [-0.4, -0.2) is 62.0 Å². The highest BCUT2D eigenvalue weighted by Crippen LogP contribution is 2.24. The molecule has 3 rings (SSSR count). The van der Waals surface area contributed by atoms with Gasteiger partial charge in [0, 0.05) is 37.7 Å². The van der Waals surface area contributed by atoms with Crippen molar-refractivity contribution in [3.63, 3.8) is 0 Å². The molecule has 2 aliphatic rings. The number of benzene rings is 1. The molecule has 9 heteroatoms. The Bertz CT molecular complexity index is 813. The van der Waals surface area contributed by atoms with E-state index in [4.69, 9.17) is 0 Å². The largest absolute Gasteiger partial charge is 0.342 e. The monoisotopic (exact) mass is 414 g/mol. The van der Waals surface area contributed by atoms with Crippen molar-refractivity contribution >= 4 is 21.7 Å². The van der Waals surface area contributed by atoms with E-state index in [0.717, 1.165) is 44.5 Å². The second-order valence-corrected chi connectivity index (χ2v) is 9.20. The van der Waals surface area contributed by atoms with E-state index in [9.17, 15) is 26.8 Å². The van der Waals surface area contributed by atoms with Crippen molar-refractivity contribution in [2.45, 2.75) is 42.8 Å². The normalized spacial score (nSPS) is 19.1. The molecule has 0 atom stereocenters. The van der Waals surface area contributed by atoms with Gasteiger partial charge in [-0.05, 0) is 56.4 Å². The number of piperidine rings is 2. The highest BCUT2D eigenvalue weighted by Gasteiger charge is 2.31. The lowest BCUT2D eigenvalue weighted by Gasteiger charge is -2.35. The molecule has 1 aromatic rings. The summed E-state index contributed by atoms with van der Waals surface area (Å²) >= 11 is 0. The zero-order valence-corrected chi connectivity index (χ0v) is 16.3. The number of halogens is 2. The summed E-state index contributed by atoms with van der Waals surface area (Å²) in [6, 6.07) is 4.56. The fourth-order valence-corrected chi connectivity index (χ4v) is 4.50. The molecule has 28 heavy (non-hydrogen) atoms.